The molecule has 2 rings (SSSR count). The molecule has 0 radical (unpaired) electrons. The Morgan fingerprint density at radius 1 is 1.35 bits per heavy atom. The normalized spacial score (nSPS) is 20.8. The van der Waals surface area contributed by atoms with Gasteiger partial charge in [-0.05, 0) is 45.4 Å². The lowest BCUT2D eigenvalue weighted by molar-refractivity contribution is -0.117. The van der Waals surface area contributed by atoms with Crippen molar-refractivity contribution in [3.05, 3.63) is 30.3 Å². The van der Waals surface area contributed by atoms with Crippen LogP contribution in [-0.2, 0) is 4.79 Å². The van der Waals surface area contributed by atoms with Gasteiger partial charge in [0.25, 0.3) is 0 Å². The van der Waals surface area contributed by atoms with Gasteiger partial charge < -0.3 is 5.32 Å². The fraction of sp³-hybridized carbons (Fsp3) is 0.562. The van der Waals surface area contributed by atoms with Gasteiger partial charge in [-0.25, -0.2) is 0 Å². The van der Waals surface area contributed by atoms with Crippen LogP contribution in [0.1, 0.15) is 39.5 Å². The van der Waals surface area contributed by atoms with Crippen LogP contribution in [0.2, 0.25) is 0 Å². The first kappa shape index (κ1) is 17.0. The second-order valence-electron chi connectivity index (χ2n) is 5.55. The van der Waals surface area contributed by atoms with Crippen LogP contribution in [0.3, 0.4) is 0 Å². The Balaban J connectivity index is 0.00000200. The number of anilines is 1. The monoisotopic (exact) mass is 296 g/mol. The molecule has 2 atom stereocenters. The molecule has 1 aromatic rings. The Kier molecular flexibility index (Phi) is 7.03. The predicted octanol–water partition coefficient (Wildman–Crippen LogP) is 3.70. The molecule has 0 saturated carbocycles. The van der Waals surface area contributed by atoms with Crippen LogP contribution in [0.15, 0.2) is 30.3 Å². The SMILES string of the molecule is CC1CCCCN1C(C)CC(=O)Nc1ccccc1.Cl. The van der Waals surface area contributed by atoms with Crippen LogP contribution < -0.4 is 5.32 Å². The predicted molar refractivity (Wildman–Crippen MR) is 86.4 cm³/mol. The number of amides is 1. The number of nitrogens with zero attached hydrogens (tertiary/aromatic N) is 1. The van der Waals surface area contributed by atoms with Crippen molar-refractivity contribution < 1.29 is 4.79 Å². The molecule has 0 spiro atoms. The molecule has 0 aromatic heterocycles. The summed E-state index contributed by atoms with van der Waals surface area (Å²) in [7, 11) is 0. The van der Waals surface area contributed by atoms with Crippen molar-refractivity contribution in [3.8, 4) is 0 Å². The summed E-state index contributed by atoms with van der Waals surface area (Å²) in [5.74, 6) is 0.108. The number of piperidine rings is 1. The van der Waals surface area contributed by atoms with Crippen molar-refractivity contribution in [2.75, 3.05) is 11.9 Å². The third kappa shape index (κ3) is 4.80. The maximum atomic E-state index is 12.0. The maximum Gasteiger partial charge on any atom is 0.225 e. The summed E-state index contributed by atoms with van der Waals surface area (Å²) < 4.78 is 0. The van der Waals surface area contributed by atoms with Crippen LogP contribution in [0.5, 0.6) is 0 Å². The topological polar surface area (TPSA) is 32.3 Å². The molecular formula is C16H25ClN2O. The van der Waals surface area contributed by atoms with E-state index >= 15 is 0 Å². The second-order valence-corrected chi connectivity index (χ2v) is 5.55. The minimum Gasteiger partial charge on any atom is -0.326 e. The Bertz CT molecular complexity index is 410. The van der Waals surface area contributed by atoms with Gasteiger partial charge in [0.2, 0.25) is 5.91 Å². The molecule has 1 aliphatic heterocycles. The van der Waals surface area contributed by atoms with E-state index in [9.17, 15) is 4.79 Å². The molecular weight excluding hydrogens is 272 g/mol. The smallest absolute Gasteiger partial charge is 0.225 e. The number of benzene rings is 1. The Hall–Kier alpha value is -1.06. The highest BCUT2D eigenvalue weighted by Crippen LogP contribution is 2.20. The largest absolute Gasteiger partial charge is 0.326 e. The molecule has 0 aliphatic carbocycles. The number of rotatable bonds is 4. The number of hydrogen-bond acceptors (Lipinski definition) is 2. The van der Waals surface area contributed by atoms with Crippen LogP contribution in [0.4, 0.5) is 5.69 Å². The van der Waals surface area contributed by atoms with E-state index < -0.39 is 0 Å². The van der Waals surface area contributed by atoms with E-state index in [0.29, 0.717) is 18.5 Å². The molecule has 1 heterocycles. The van der Waals surface area contributed by atoms with Crippen molar-refractivity contribution in [2.45, 2.75) is 51.6 Å². The van der Waals surface area contributed by atoms with E-state index in [0.717, 1.165) is 12.2 Å². The average molecular weight is 297 g/mol. The zero-order chi connectivity index (χ0) is 13.7. The fourth-order valence-corrected chi connectivity index (χ4v) is 2.89. The fourth-order valence-electron chi connectivity index (χ4n) is 2.89. The molecule has 1 aliphatic rings. The van der Waals surface area contributed by atoms with Gasteiger partial charge in [-0.1, -0.05) is 24.6 Å². The number of hydrogen-bond donors (Lipinski definition) is 1. The highest BCUT2D eigenvalue weighted by molar-refractivity contribution is 5.91. The van der Waals surface area contributed by atoms with Gasteiger partial charge in [-0.3, -0.25) is 9.69 Å². The van der Waals surface area contributed by atoms with Gasteiger partial charge in [0.1, 0.15) is 0 Å². The molecule has 1 amide bonds. The standard InChI is InChI=1S/C16H24N2O.ClH/c1-13-8-6-7-11-18(13)14(2)12-16(19)17-15-9-4-3-5-10-15;/h3-5,9-10,13-14H,6-8,11-12H2,1-2H3,(H,17,19);1H. The summed E-state index contributed by atoms with van der Waals surface area (Å²) in [5, 5.41) is 2.96. The number of carbonyl (C=O) groups excluding carboxylic acids is 1. The molecule has 4 heteroatoms. The van der Waals surface area contributed by atoms with Crippen LogP contribution in [0.25, 0.3) is 0 Å². The number of carbonyl (C=O) groups is 1. The zero-order valence-electron chi connectivity index (χ0n) is 12.3. The van der Waals surface area contributed by atoms with Gasteiger partial charge in [0.05, 0.1) is 0 Å². The highest BCUT2D eigenvalue weighted by atomic mass is 35.5. The summed E-state index contributed by atoms with van der Waals surface area (Å²) in [6, 6.07) is 10.6. The lowest BCUT2D eigenvalue weighted by Gasteiger charge is -2.37. The van der Waals surface area contributed by atoms with E-state index in [1.807, 2.05) is 30.3 Å². The minimum atomic E-state index is 0. The molecule has 20 heavy (non-hydrogen) atoms. The van der Waals surface area contributed by atoms with Gasteiger partial charge in [0.15, 0.2) is 0 Å². The van der Waals surface area contributed by atoms with Gasteiger partial charge in [-0.2, -0.15) is 0 Å². The molecule has 1 saturated heterocycles. The first-order chi connectivity index (χ1) is 9.16. The van der Waals surface area contributed by atoms with Crippen molar-refractivity contribution >= 4 is 24.0 Å². The molecule has 1 N–H and O–H groups in total. The van der Waals surface area contributed by atoms with Crippen molar-refractivity contribution in [1.29, 1.82) is 0 Å². The van der Waals surface area contributed by atoms with Crippen LogP contribution in [-0.4, -0.2) is 29.4 Å². The highest BCUT2D eigenvalue weighted by Gasteiger charge is 2.24. The molecule has 1 fully saturated rings. The summed E-state index contributed by atoms with van der Waals surface area (Å²) in [5.41, 5.74) is 0.881. The van der Waals surface area contributed by atoms with Crippen LogP contribution >= 0.6 is 12.4 Å². The summed E-state index contributed by atoms with van der Waals surface area (Å²) >= 11 is 0. The second kappa shape index (κ2) is 8.28. The average Bonchev–Trinajstić information content (AvgIpc) is 2.40. The van der Waals surface area contributed by atoms with Crippen LogP contribution in [0, 0.1) is 0 Å². The maximum absolute atomic E-state index is 12.0. The number of nitrogens with one attached hydrogen (secondary N) is 1. The Morgan fingerprint density at radius 3 is 2.70 bits per heavy atom. The van der Waals surface area contributed by atoms with E-state index in [-0.39, 0.29) is 18.3 Å². The lowest BCUT2D eigenvalue weighted by atomic mass is 10.0. The molecule has 1 aromatic carbocycles. The summed E-state index contributed by atoms with van der Waals surface area (Å²) in [4.78, 5) is 14.5. The quantitative estimate of drug-likeness (QED) is 0.919. The third-order valence-corrected chi connectivity index (χ3v) is 3.96. The van der Waals surface area contributed by atoms with Crippen molar-refractivity contribution in [3.63, 3.8) is 0 Å². The summed E-state index contributed by atoms with van der Waals surface area (Å²) in [6.45, 7) is 5.55. The molecule has 2 unspecified atom stereocenters. The van der Waals surface area contributed by atoms with Gasteiger partial charge in [-0.15, -0.1) is 12.4 Å². The van der Waals surface area contributed by atoms with Gasteiger partial charge >= 0.3 is 0 Å². The van der Waals surface area contributed by atoms with E-state index in [2.05, 4.69) is 24.1 Å². The van der Waals surface area contributed by atoms with Gasteiger partial charge in [0, 0.05) is 24.2 Å². The first-order valence-electron chi connectivity index (χ1n) is 7.27. The Labute approximate surface area is 128 Å². The molecule has 112 valence electrons. The molecule has 0 bridgehead atoms. The van der Waals surface area contributed by atoms with Crippen molar-refractivity contribution in [1.82, 2.24) is 4.90 Å². The summed E-state index contributed by atoms with van der Waals surface area (Å²) in [6.07, 6.45) is 4.40. The van der Waals surface area contributed by atoms with E-state index in [1.54, 1.807) is 0 Å². The Morgan fingerprint density at radius 2 is 2.05 bits per heavy atom. The minimum absolute atomic E-state index is 0. The number of para-hydroxylation sites is 1. The van der Waals surface area contributed by atoms with E-state index in [4.69, 9.17) is 0 Å². The third-order valence-electron chi connectivity index (χ3n) is 3.96. The molecule has 3 nitrogen and oxygen atoms in total. The lowest BCUT2D eigenvalue weighted by Crippen LogP contribution is -2.44. The van der Waals surface area contributed by atoms with E-state index in [1.165, 1.54) is 19.3 Å². The number of likely N-dealkylation sites (tertiary alicyclic amines) is 1. The number of halogens is 1. The van der Waals surface area contributed by atoms with Crippen molar-refractivity contribution in [2.24, 2.45) is 0 Å². The zero-order valence-corrected chi connectivity index (χ0v) is 13.2. The first-order valence-corrected chi connectivity index (χ1v) is 7.27.